The van der Waals surface area contributed by atoms with Gasteiger partial charge in [-0.2, -0.15) is 0 Å². The van der Waals surface area contributed by atoms with Crippen LogP contribution in [0.5, 0.6) is 0 Å². The molecule has 1 fully saturated rings. The van der Waals surface area contributed by atoms with Crippen LogP contribution in [-0.4, -0.2) is 94.1 Å². The van der Waals surface area contributed by atoms with E-state index < -0.39 is 48.4 Å². The number of epoxide rings is 1. The highest BCUT2D eigenvalue weighted by molar-refractivity contribution is 5.89. The van der Waals surface area contributed by atoms with Crippen molar-refractivity contribution < 1.29 is 23.9 Å². The lowest BCUT2D eigenvalue weighted by molar-refractivity contribution is -0.124. The van der Waals surface area contributed by atoms with Gasteiger partial charge < -0.3 is 35.8 Å². The minimum Gasteiger partial charge on any atom is -0.365 e. The summed E-state index contributed by atoms with van der Waals surface area (Å²) in [6, 6.07) is 48.6. The number of pyridine rings is 2. The largest absolute Gasteiger partial charge is 0.365 e. The minimum absolute atomic E-state index is 0.253. The number of carbonyl (C=O) groups is 4. The summed E-state index contributed by atoms with van der Waals surface area (Å²) in [7, 11) is 3.37. The van der Waals surface area contributed by atoms with E-state index in [2.05, 4.69) is 81.9 Å². The van der Waals surface area contributed by atoms with Gasteiger partial charge in [-0.25, -0.2) is 9.59 Å². The van der Waals surface area contributed by atoms with Crippen LogP contribution in [0.3, 0.4) is 0 Å². The molecule has 0 unspecified atom stereocenters. The Kier molecular flexibility index (Phi) is 14.8. The average Bonchev–Trinajstić information content (AvgIpc) is 4.20. The second-order valence-electron chi connectivity index (χ2n) is 18.6. The molecule has 2 aromatic heterocycles. The number of hydrogen-bond acceptors (Lipinski definition) is 7. The smallest absolute Gasteiger partial charge is 0.318 e. The van der Waals surface area contributed by atoms with E-state index in [9.17, 15) is 19.2 Å². The zero-order valence-corrected chi connectivity index (χ0v) is 40.5. The molecule has 4 N–H and O–H groups in total. The molecule has 71 heavy (non-hydrogen) atoms. The fraction of sp³-hybridized carbons (Fsp3) is 0.276. The number of aromatic nitrogens is 2. The number of nitrogens with one attached hydrogen (secondary N) is 4. The number of rotatable bonds is 18. The van der Waals surface area contributed by atoms with Gasteiger partial charge in [-0.05, 0) is 82.6 Å². The number of hydrogen-bond donors (Lipinski definition) is 4. The van der Waals surface area contributed by atoms with Crippen molar-refractivity contribution in [2.75, 3.05) is 14.1 Å². The summed E-state index contributed by atoms with van der Waals surface area (Å²) >= 11 is 0. The Morgan fingerprint density at radius 1 is 0.479 bits per heavy atom. The molecule has 6 aromatic carbocycles. The zero-order chi connectivity index (χ0) is 49.4. The van der Waals surface area contributed by atoms with E-state index in [1.807, 2.05) is 111 Å². The molecule has 362 valence electrons. The van der Waals surface area contributed by atoms with E-state index in [0.717, 1.165) is 65.9 Å². The second kappa shape index (κ2) is 21.8. The molecule has 1 aliphatic rings. The van der Waals surface area contributed by atoms with Crippen molar-refractivity contribution in [2.24, 2.45) is 0 Å². The van der Waals surface area contributed by atoms with Crippen LogP contribution in [0.25, 0.3) is 43.4 Å². The fourth-order valence-electron chi connectivity index (χ4n) is 9.34. The topological polar surface area (TPSA) is 161 Å². The molecule has 0 bridgehead atoms. The van der Waals surface area contributed by atoms with Crippen LogP contribution in [-0.2, 0) is 40.3 Å². The third-order valence-electron chi connectivity index (χ3n) is 13.4. The first-order valence-electron chi connectivity index (χ1n) is 24.5. The molecule has 1 aliphatic heterocycles. The van der Waals surface area contributed by atoms with Crippen LogP contribution in [0.2, 0.25) is 0 Å². The molecule has 1 saturated heterocycles. The lowest BCUT2D eigenvalue weighted by atomic mass is 9.94. The van der Waals surface area contributed by atoms with Crippen LogP contribution in [0, 0.1) is 0 Å². The Morgan fingerprint density at radius 2 is 0.845 bits per heavy atom. The molecule has 0 aliphatic carbocycles. The van der Waals surface area contributed by atoms with Crippen molar-refractivity contribution in [3.8, 4) is 0 Å². The summed E-state index contributed by atoms with van der Waals surface area (Å²) in [4.78, 5) is 68.6. The minimum atomic E-state index is -0.844. The monoisotopic (exact) mass is 948 g/mol. The van der Waals surface area contributed by atoms with E-state index >= 15 is 0 Å². The number of nitrogens with zero attached hydrogens (tertiary/aromatic N) is 4. The van der Waals surface area contributed by atoms with E-state index in [0.29, 0.717) is 25.7 Å². The normalized spacial score (nSPS) is 15.9. The average molecular weight is 949 g/mol. The van der Waals surface area contributed by atoms with Crippen molar-refractivity contribution in [1.82, 2.24) is 41.0 Å². The molecule has 6 amide bonds. The third kappa shape index (κ3) is 11.8. The summed E-state index contributed by atoms with van der Waals surface area (Å²) in [5.74, 6) is -0.685. The van der Waals surface area contributed by atoms with E-state index in [1.54, 1.807) is 14.1 Å². The van der Waals surface area contributed by atoms with Gasteiger partial charge >= 0.3 is 12.1 Å². The first-order valence-corrected chi connectivity index (χ1v) is 24.5. The number of fused-ring (bicyclic) bond motifs is 4. The predicted molar refractivity (Wildman–Crippen MR) is 279 cm³/mol. The van der Waals surface area contributed by atoms with E-state index in [-0.39, 0.29) is 24.9 Å². The molecule has 9 rings (SSSR count). The second-order valence-corrected chi connectivity index (χ2v) is 18.6. The zero-order valence-electron chi connectivity index (χ0n) is 40.5. The molecular formula is C58H60N8O5. The maximum Gasteiger partial charge on any atom is 0.318 e. The molecule has 13 heteroatoms. The van der Waals surface area contributed by atoms with Gasteiger partial charge in [0.1, 0.15) is 24.3 Å². The fourth-order valence-corrected chi connectivity index (χ4v) is 9.34. The number of benzene rings is 6. The SMILES string of the molecule is CC[C@H](NC(=O)N(C)Cc1ccc2ccccc2n1)C(=O)N[C@@H](Cc1ccc2ccccc2c1)[C@@H]1O[C@@H]1[C@H](Cc1ccc2ccccc2c1)NC(=O)[C@H](CC)NC(=O)N(C)Cc1ccc2ccccc2n1. The Balaban J connectivity index is 0.928. The van der Waals surface area contributed by atoms with E-state index in [4.69, 9.17) is 14.7 Å². The van der Waals surface area contributed by atoms with Crippen LogP contribution >= 0.6 is 0 Å². The molecular weight excluding hydrogens is 889 g/mol. The highest BCUT2D eigenvalue weighted by Gasteiger charge is 2.51. The van der Waals surface area contributed by atoms with Crippen LogP contribution in [0.1, 0.15) is 49.2 Å². The van der Waals surface area contributed by atoms with Gasteiger partial charge in [0.15, 0.2) is 0 Å². The Morgan fingerprint density at radius 3 is 1.25 bits per heavy atom. The number of para-hydroxylation sites is 2. The quantitative estimate of drug-likeness (QED) is 0.0626. The van der Waals surface area contributed by atoms with Gasteiger partial charge in [0.2, 0.25) is 11.8 Å². The lowest BCUT2D eigenvalue weighted by Crippen LogP contribution is -2.55. The number of ether oxygens (including phenoxy) is 1. The highest BCUT2D eigenvalue weighted by atomic mass is 16.6. The predicted octanol–water partition coefficient (Wildman–Crippen LogP) is 8.85. The number of urea groups is 2. The van der Waals surface area contributed by atoms with E-state index in [1.165, 1.54) is 9.80 Å². The summed E-state index contributed by atoms with van der Waals surface area (Å²) in [6.45, 7) is 4.23. The third-order valence-corrected chi connectivity index (χ3v) is 13.4. The van der Waals surface area contributed by atoms with Gasteiger partial charge in [0.05, 0.1) is 47.6 Å². The lowest BCUT2D eigenvalue weighted by Gasteiger charge is -2.26. The molecule has 3 heterocycles. The Hall–Kier alpha value is -7.90. The van der Waals surface area contributed by atoms with Crippen molar-refractivity contribution in [3.63, 3.8) is 0 Å². The Labute approximate surface area is 414 Å². The molecule has 13 nitrogen and oxygen atoms in total. The molecule has 0 spiro atoms. The van der Waals surface area contributed by atoms with Crippen LogP contribution in [0.4, 0.5) is 9.59 Å². The summed E-state index contributed by atoms with van der Waals surface area (Å²) < 4.78 is 6.59. The maximum atomic E-state index is 14.4. The maximum absolute atomic E-state index is 14.4. The van der Waals surface area contributed by atoms with Crippen molar-refractivity contribution >= 4 is 67.2 Å². The summed E-state index contributed by atoms with van der Waals surface area (Å²) in [5, 5.41) is 18.8. The first kappa shape index (κ1) is 48.1. The highest BCUT2D eigenvalue weighted by Crippen LogP contribution is 2.33. The summed E-state index contributed by atoms with van der Waals surface area (Å²) in [5.41, 5.74) is 5.13. The van der Waals surface area contributed by atoms with Gasteiger partial charge in [-0.3, -0.25) is 19.6 Å². The van der Waals surface area contributed by atoms with Gasteiger partial charge in [0.25, 0.3) is 0 Å². The van der Waals surface area contributed by atoms with Gasteiger partial charge in [0, 0.05) is 24.9 Å². The van der Waals surface area contributed by atoms with Crippen molar-refractivity contribution in [1.29, 1.82) is 0 Å². The van der Waals surface area contributed by atoms with Gasteiger partial charge in [-0.15, -0.1) is 0 Å². The van der Waals surface area contributed by atoms with Gasteiger partial charge in [-0.1, -0.05) is 147 Å². The molecule has 0 saturated carbocycles. The molecule has 6 atom stereocenters. The number of amides is 6. The standard InChI is InChI=1S/C58H60N8O5/c1-5-47(63-57(69)65(3)35-45-29-27-41-17-11-13-21-49(41)59-45)55(67)61-51(33-37-23-25-39-15-7-9-19-43(39)31-37)53-54(71-53)52(34-38-24-26-40-16-8-10-20-44(40)32-38)62-56(68)48(6-2)64-58(70)66(4)36-46-30-28-42-18-12-14-22-50(42)60-46/h7-32,47-48,51-54H,5-6,33-36H2,1-4H3,(H,61,67)(H,62,68)(H,63,69)(H,64,70)/t47-,48-,51-,52-,53-,54+/m0/s1. The molecule has 0 radical (unpaired) electrons. The van der Waals surface area contributed by atoms with Crippen LogP contribution in [0.15, 0.2) is 158 Å². The van der Waals surface area contributed by atoms with Crippen molar-refractivity contribution in [3.05, 3.63) is 180 Å². The number of carbonyl (C=O) groups excluding carboxylic acids is 4. The molecule has 8 aromatic rings. The Bertz CT molecular complexity index is 3010. The van der Waals surface area contributed by atoms with Crippen molar-refractivity contribution in [2.45, 2.75) is 89.0 Å². The first-order chi connectivity index (χ1) is 34.5. The van der Waals surface area contributed by atoms with Crippen LogP contribution < -0.4 is 21.3 Å². The summed E-state index contributed by atoms with van der Waals surface area (Å²) in [6.07, 6.45) is 0.547.